The average Bonchev–Trinajstić information content (AvgIpc) is 2.57. The number of halogens is 2. The topological polar surface area (TPSA) is 0 Å². The van der Waals surface area contributed by atoms with E-state index in [1.807, 2.05) is 0 Å². The maximum absolute atomic E-state index is 2.54. The zero-order valence-electron chi connectivity index (χ0n) is 11.2. The SMILES string of the molecule is CCCC1=Cc2ccccc2[CH]1[Zr+2][SiH](C)C.[F-].[F-]. The van der Waals surface area contributed by atoms with Crippen molar-refractivity contribution in [3.8, 4) is 0 Å². The first-order chi connectivity index (χ1) is 7.72. The molecule has 0 N–H and O–H groups in total. The largest absolute Gasteiger partial charge is 1.00 e. The van der Waals surface area contributed by atoms with Crippen LogP contribution in [0, 0.1) is 0 Å². The van der Waals surface area contributed by atoms with E-state index in [9.17, 15) is 0 Å². The second-order valence-electron chi connectivity index (χ2n) is 4.85. The van der Waals surface area contributed by atoms with E-state index in [0.717, 1.165) is 3.63 Å². The number of hydrogen-bond donors (Lipinski definition) is 0. The van der Waals surface area contributed by atoms with Gasteiger partial charge in [0.1, 0.15) is 0 Å². The molecule has 0 heterocycles. The van der Waals surface area contributed by atoms with Crippen LogP contribution in [0.5, 0.6) is 0 Å². The van der Waals surface area contributed by atoms with Gasteiger partial charge >= 0.3 is 112 Å². The van der Waals surface area contributed by atoms with Gasteiger partial charge in [0.05, 0.1) is 0 Å². The molecule has 1 unspecified atom stereocenters. The fourth-order valence-electron chi connectivity index (χ4n) is 2.42. The Morgan fingerprint density at radius 2 is 1.83 bits per heavy atom. The fourth-order valence-corrected chi connectivity index (χ4v) is 12.5. The predicted molar refractivity (Wildman–Crippen MR) is 70.9 cm³/mol. The molecule has 18 heavy (non-hydrogen) atoms. The van der Waals surface area contributed by atoms with Crippen molar-refractivity contribution in [2.24, 2.45) is 0 Å². The Balaban J connectivity index is 0.00000144. The summed E-state index contributed by atoms with van der Waals surface area (Å²) in [6.07, 6.45) is 5.11. The molecule has 0 aliphatic heterocycles. The third kappa shape index (κ3) is 3.96. The number of rotatable bonds is 4. The molecule has 0 fully saturated rings. The molecule has 4 heteroatoms. The van der Waals surface area contributed by atoms with Crippen LogP contribution >= 0.6 is 0 Å². The van der Waals surface area contributed by atoms with Gasteiger partial charge in [-0.1, -0.05) is 0 Å². The third-order valence-corrected chi connectivity index (χ3v) is 13.1. The molecular formula is C14H20F2SiZr. The van der Waals surface area contributed by atoms with E-state index in [4.69, 9.17) is 0 Å². The van der Waals surface area contributed by atoms with Crippen molar-refractivity contribution >= 4 is 12.0 Å². The maximum Gasteiger partial charge on any atom is -1.00 e. The minimum atomic E-state index is -0.317. The van der Waals surface area contributed by atoms with Crippen LogP contribution in [-0.4, -0.2) is 5.92 Å². The molecule has 1 aliphatic carbocycles. The van der Waals surface area contributed by atoms with Crippen molar-refractivity contribution in [1.82, 2.24) is 0 Å². The van der Waals surface area contributed by atoms with Gasteiger partial charge < -0.3 is 9.41 Å². The minimum absolute atomic E-state index is 0. The van der Waals surface area contributed by atoms with Crippen molar-refractivity contribution < 1.29 is 31.8 Å². The van der Waals surface area contributed by atoms with Crippen molar-refractivity contribution in [3.05, 3.63) is 41.0 Å². The predicted octanol–water partition coefficient (Wildman–Crippen LogP) is -2.00. The van der Waals surface area contributed by atoms with E-state index >= 15 is 0 Å². The Morgan fingerprint density at radius 1 is 1.17 bits per heavy atom. The molecule has 0 amide bonds. The molecule has 1 atom stereocenters. The average molecular weight is 346 g/mol. The summed E-state index contributed by atoms with van der Waals surface area (Å²) in [6, 6.07) is 9.07. The first kappa shape index (κ1) is 17.9. The van der Waals surface area contributed by atoms with Crippen LogP contribution in [0.1, 0.15) is 34.5 Å². The minimum Gasteiger partial charge on any atom is -1.00 e. The van der Waals surface area contributed by atoms with Gasteiger partial charge in [0, 0.05) is 0 Å². The molecule has 0 aromatic heterocycles. The zero-order valence-corrected chi connectivity index (χ0v) is 14.8. The summed E-state index contributed by atoms with van der Waals surface area (Å²) in [6.45, 7) is 7.38. The maximum atomic E-state index is 2.54. The molecule has 0 nitrogen and oxygen atoms in total. The molecule has 2 rings (SSSR count). The van der Waals surface area contributed by atoms with Crippen LogP contribution in [0.4, 0.5) is 0 Å². The number of fused-ring (bicyclic) bond motifs is 1. The van der Waals surface area contributed by atoms with Gasteiger partial charge in [0.2, 0.25) is 0 Å². The molecule has 1 aliphatic rings. The number of benzene rings is 1. The van der Waals surface area contributed by atoms with Crippen molar-refractivity contribution in [2.75, 3.05) is 0 Å². The Kier molecular flexibility index (Phi) is 8.13. The third-order valence-electron chi connectivity index (χ3n) is 3.06. The fraction of sp³-hybridized carbons (Fsp3) is 0.429. The Labute approximate surface area is 121 Å². The van der Waals surface area contributed by atoms with Gasteiger partial charge in [-0.2, -0.15) is 0 Å². The molecule has 0 saturated carbocycles. The van der Waals surface area contributed by atoms with Crippen LogP contribution in [-0.2, 0) is 22.4 Å². The monoisotopic (exact) mass is 344 g/mol. The molecule has 0 radical (unpaired) electrons. The van der Waals surface area contributed by atoms with E-state index in [0.29, 0.717) is 0 Å². The first-order valence-electron chi connectivity index (χ1n) is 6.27. The second kappa shape index (κ2) is 8.16. The molecule has 98 valence electrons. The first-order valence-corrected chi connectivity index (χ1v) is 14.8. The number of allylic oxidation sites excluding steroid dienone is 1. The van der Waals surface area contributed by atoms with Crippen LogP contribution in [0.2, 0.25) is 13.1 Å². The molecule has 0 spiro atoms. The van der Waals surface area contributed by atoms with Crippen molar-refractivity contribution in [3.63, 3.8) is 0 Å². The van der Waals surface area contributed by atoms with E-state index in [2.05, 4.69) is 50.4 Å². The molecular weight excluding hydrogens is 325 g/mol. The summed E-state index contributed by atoms with van der Waals surface area (Å²) in [5.41, 5.74) is 4.95. The van der Waals surface area contributed by atoms with Crippen LogP contribution in [0.15, 0.2) is 29.8 Å². The zero-order chi connectivity index (χ0) is 11.5. The molecule has 0 saturated heterocycles. The van der Waals surface area contributed by atoms with Crippen LogP contribution < -0.4 is 9.41 Å². The normalized spacial score (nSPS) is 16.2. The van der Waals surface area contributed by atoms with Gasteiger partial charge in [0.15, 0.2) is 0 Å². The Hall–Kier alpha value is -0.0800. The Morgan fingerprint density at radius 3 is 2.44 bits per heavy atom. The summed E-state index contributed by atoms with van der Waals surface area (Å²) in [5, 5.41) is 0. The van der Waals surface area contributed by atoms with E-state index in [-0.39, 0.29) is 37.7 Å². The quantitative estimate of drug-likeness (QED) is 0.554. The van der Waals surface area contributed by atoms with Crippen LogP contribution in [0.25, 0.3) is 6.08 Å². The van der Waals surface area contributed by atoms with Gasteiger partial charge in [-0.25, -0.2) is 0 Å². The summed E-state index contributed by atoms with van der Waals surface area (Å²) in [5.74, 6) is -0.317. The number of hydrogen-bond acceptors (Lipinski definition) is 0. The summed E-state index contributed by atoms with van der Waals surface area (Å²) in [4.78, 5) is 0. The molecule has 1 aromatic rings. The summed E-state index contributed by atoms with van der Waals surface area (Å²) < 4.78 is 0.923. The second-order valence-corrected chi connectivity index (χ2v) is 19.9. The smallest absolute Gasteiger partial charge is 1.00 e. The van der Waals surface area contributed by atoms with Crippen molar-refractivity contribution in [1.29, 1.82) is 0 Å². The van der Waals surface area contributed by atoms with Gasteiger partial charge in [-0.3, -0.25) is 0 Å². The van der Waals surface area contributed by atoms with E-state index in [1.165, 1.54) is 18.4 Å². The van der Waals surface area contributed by atoms with Crippen LogP contribution in [0.3, 0.4) is 0 Å². The molecule has 0 bridgehead atoms. The van der Waals surface area contributed by atoms with Gasteiger partial charge in [0.25, 0.3) is 0 Å². The van der Waals surface area contributed by atoms with Gasteiger partial charge in [-0.15, -0.1) is 0 Å². The molecule has 1 aromatic carbocycles. The summed E-state index contributed by atoms with van der Waals surface area (Å²) in [7, 11) is 0. The van der Waals surface area contributed by atoms with Gasteiger partial charge in [-0.05, 0) is 0 Å². The van der Waals surface area contributed by atoms with E-state index in [1.54, 1.807) is 11.1 Å². The van der Waals surface area contributed by atoms with Crippen molar-refractivity contribution in [2.45, 2.75) is 36.5 Å². The van der Waals surface area contributed by atoms with E-state index < -0.39 is 0 Å². The standard InChI is InChI=1S/C12H13.C2H7Si.2FH.Zr/c1-2-5-10-8-11-6-3-4-7-12(11)9-10;1-3-2;;;/h3-4,6-9H,2,5H2,1H3;3H,1-2H3;2*1H;/q;;;;+2/p-2. The summed E-state index contributed by atoms with van der Waals surface area (Å²) >= 11 is -0.178. The Bertz CT molecular complexity index is 405.